The summed E-state index contributed by atoms with van der Waals surface area (Å²) < 4.78 is 23.1. The van der Waals surface area contributed by atoms with Crippen molar-refractivity contribution in [3.05, 3.63) is 0 Å². The van der Waals surface area contributed by atoms with Crippen LogP contribution in [0.2, 0.25) is 0 Å². The zero-order chi connectivity index (χ0) is 7.98. The molecule has 0 bridgehead atoms. The molecule has 0 aromatic heterocycles. The second-order valence-corrected chi connectivity index (χ2v) is 1.70. The third-order valence-corrected chi connectivity index (χ3v) is 1.02. The monoisotopic (exact) mass is 152 g/mol. The third-order valence-electron chi connectivity index (χ3n) is 1.02. The highest BCUT2D eigenvalue weighted by Gasteiger charge is 2.06. The fourth-order valence-corrected chi connectivity index (χ4v) is 0.536. The van der Waals surface area contributed by atoms with Crippen molar-refractivity contribution in [2.75, 3.05) is 26.4 Å². The Balaban J connectivity index is 3.61. The lowest BCUT2D eigenvalue weighted by molar-refractivity contribution is 0.196. The molecule has 0 fully saturated rings. The van der Waals surface area contributed by atoms with Gasteiger partial charge in [0.1, 0.15) is 13.3 Å². The highest BCUT2D eigenvalue weighted by molar-refractivity contribution is 5.71. The number of alkyl halides is 2. The van der Waals surface area contributed by atoms with Crippen molar-refractivity contribution < 1.29 is 13.6 Å². The smallest absolute Gasteiger partial charge is 0.314 e. The molecule has 0 aromatic carbocycles. The van der Waals surface area contributed by atoms with Gasteiger partial charge in [-0.15, -0.1) is 0 Å². The number of amides is 2. The molecule has 0 atom stereocenters. The Morgan fingerprint density at radius 3 is 1.90 bits per heavy atom. The molecule has 0 spiro atoms. The zero-order valence-corrected chi connectivity index (χ0v) is 5.52. The predicted molar refractivity (Wildman–Crippen MR) is 33.1 cm³/mol. The summed E-state index contributed by atoms with van der Waals surface area (Å²) in [5.41, 5.74) is 4.76. The molecule has 2 N–H and O–H groups in total. The van der Waals surface area contributed by atoms with Crippen LogP contribution in [-0.4, -0.2) is 37.4 Å². The average molecular weight is 152 g/mol. The van der Waals surface area contributed by atoms with Crippen molar-refractivity contribution >= 4 is 6.03 Å². The molecule has 10 heavy (non-hydrogen) atoms. The quantitative estimate of drug-likeness (QED) is 0.619. The van der Waals surface area contributed by atoms with Crippen LogP contribution in [-0.2, 0) is 0 Å². The highest BCUT2D eigenvalue weighted by atomic mass is 19.1. The third kappa shape index (κ3) is 3.21. The number of rotatable bonds is 4. The summed E-state index contributed by atoms with van der Waals surface area (Å²) in [5, 5.41) is 0. The molecule has 0 aliphatic heterocycles. The van der Waals surface area contributed by atoms with E-state index in [-0.39, 0.29) is 13.1 Å². The standard InChI is InChI=1S/C5H10F2N2O/c6-1-3-9(4-2-7)5(8)10/h1-4H2,(H2,8,10). The second-order valence-electron chi connectivity index (χ2n) is 1.70. The molecule has 3 nitrogen and oxygen atoms in total. The Labute approximate surface area is 57.8 Å². The summed E-state index contributed by atoms with van der Waals surface area (Å²) in [6.07, 6.45) is 0. The van der Waals surface area contributed by atoms with Gasteiger partial charge in [-0.25, -0.2) is 13.6 Å². The fourth-order valence-electron chi connectivity index (χ4n) is 0.536. The van der Waals surface area contributed by atoms with E-state index in [1.54, 1.807) is 0 Å². The number of primary amides is 1. The minimum Gasteiger partial charge on any atom is -0.351 e. The first kappa shape index (κ1) is 9.13. The van der Waals surface area contributed by atoms with Gasteiger partial charge in [-0.05, 0) is 0 Å². The number of nitrogens with zero attached hydrogens (tertiary/aromatic N) is 1. The average Bonchev–Trinajstić information content (AvgIpc) is 1.87. The summed E-state index contributed by atoms with van der Waals surface area (Å²) in [7, 11) is 0. The maximum atomic E-state index is 11.6. The summed E-state index contributed by atoms with van der Waals surface area (Å²) in [6, 6.07) is -0.782. The minimum atomic E-state index is -0.782. The molecule has 0 heterocycles. The van der Waals surface area contributed by atoms with E-state index in [0.29, 0.717) is 0 Å². The summed E-state index contributed by atoms with van der Waals surface area (Å²) in [4.78, 5) is 11.2. The lowest BCUT2D eigenvalue weighted by atomic mass is 10.5. The first-order chi connectivity index (χ1) is 4.72. The number of carbonyl (C=O) groups excluding carboxylic acids is 1. The Hall–Kier alpha value is -0.870. The number of urea groups is 1. The van der Waals surface area contributed by atoms with Gasteiger partial charge in [0, 0.05) is 0 Å². The van der Waals surface area contributed by atoms with Crippen molar-refractivity contribution in [3.8, 4) is 0 Å². The Morgan fingerprint density at radius 1 is 1.30 bits per heavy atom. The van der Waals surface area contributed by atoms with Crippen molar-refractivity contribution in [3.63, 3.8) is 0 Å². The molecular formula is C5H10F2N2O. The van der Waals surface area contributed by atoms with Gasteiger partial charge in [0.05, 0.1) is 13.1 Å². The van der Waals surface area contributed by atoms with E-state index in [0.717, 1.165) is 4.90 Å². The maximum absolute atomic E-state index is 11.6. The van der Waals surface area contributed by atoms with E-state index >= 15 is 0 Å². The van der Waals surface area contributed by atoms with Gasteiger partial charge in [-0.3, -0.25) is 0 Å². The molecule has 0 aliphatic rings. The predicted octanol–water partition coefficient (Wildman–Crippen LogP) is 0.306. The lowest BCUT2D eigenvalue weighted by Crippen LogP contribution is -2.38. The van der Waals surface area contributed by atoms with E-state index in [2.05, 4.69) is 0 Å². The molecule has 0 saturated heterocycles. The summed E-state index contributed by atoms with van der Waals surface area (Å²) in [6.45, 7) is -1.63. The molecule has 60 valence electrons. The van der Waals surface area contributed by atoms with E-state index in [1.165, 1.54) is 0 Å². The normalized spacial score (nSPS) is 9.40. The van der Waals surface area contributed by atoms with Crippen molar-refractivity contribution in [1.29, 1.82) is 0 Å². The van der Waals surface area contributed by atoms with Crippen molar-refractivity contribution in [2.45, 2.75) is 0 Å². The van der Waals surface area contributed by atoms with E-state index in [4.69, 9.17) is 5.73 Å². The van der Waals surface area contributed by atoms with Crippen molar-refractivity contribution in [1.82, 2.24) is 4.90 Å². The number of carbonyl (C=O) groups is 1. The fraction of sp³-hybridized carbons (Fsp3) is 0.800. The van der Waals surface area contributed by atoms with E-state index in [1.807, 2.05) is 0 Å². The Morgan fingerprint density at radius 2 is 1.70 bits per heavy atom. The molecule has 0 aromatic rings. The molecule has 0 aliphatic carbocycles. The van der Waals surface area contributed by atoms with Crippen LogP contribution < -0.4 is 5.73 Å². The zero-order valence-electron chi connectivity index (χ0n) is 5.52. The van der Waals surface area contributed by atoms with Gasteiger partial charge in [0.15, 0.2) is 0 Å². The Kier molecular flexibility index (Phi) is 4.53. The molecule has 0 radical (unpaired) electrons. The largest absolute Gasteiger partial charge is 0.351 e. The van der Waals surface area contributed by atoms with Gasteiger partial charge in [-0.2, -0.15) is 0 Å². The second kappa shape index (κ2) is 4.96. The van der Waals surface area contributed by atoms with Gasteiger partial charge < -0.3 is 10.6 Å². The van der Waals surface area contributed by atoms with Gasteiger partial charge in [0.25, 0.3) is 0 Å². The SMILES string of the molecule is NC(=O)N(CCF)CCF. The van der Waals surface area contributed by atoms with Crippen LogP contribution in [0.3, 0.4) is 0 Å². The van der Waals surface area contributed by atoms with Crippen LogP contribution >= 0.6 is 0 Å². The summed E-state index contributed by atoms with van der Waals surface area (Å²) in [5.74, 6) is 0. The molecular weight excluding hydrogens is 142 g/mol. The molecule has 2 amide bonds. The molecule has 5 heteroatoms. The van der Waals surface area contributed by atoms with Crippen LogP contribution in [0, 0.1) is 0 Å². The Bertz CT molecular complexity index is 104. The van der Waals surface area contributed by atoms with E-state index in [9.17, 15) is 13.6 Å². The lowest BCUT2D eigenvalue weighted by Gasteiger charge is -2.15. The van der Waals surface area contributed by atoms with Gasteiger partial charge in [-0.1, -0.05) is 0 Å². The molecule has 0 saturated carbocycles. The van der Waals surface area contributed by atoms with Crippen LogP contribution in [0.1, 0.15) is 0 Å². The maximum Gasteiger partial charge on any atom is 0.314 e. The molecule has 0 unspecified atom stereocenters. The van der Waals surface area contributed by atoms with Crippen molar-refractivity contribution in [2.24, 2.45) is 5.73 Å². The molecule has 0 rings (SSSR count). The number of hydrogen-bond donors (Lipinski definition) is 1. The first-order valence-electron chi connectivity index (χ1n) is 2.88. The van der Waals surface area contributed by atoms with Crippen LogP contribution in [0.25, 0.3) is 0 Å². The van der Waals surface area contributed by atoms with E-state index < -0.39 is 19.4 Å². The highest BCUT2D eigenvalue weighted by Crippen LogP contribution is 1.87. The number of halogens is 2. The van der Waals surface area contributed by atoms with Crippen LogP contribution in [0.4, 0.5) is 13.6 Å². The van der Waals surface area contributed by atoms with Crippen LogP contribution in [0.5, 0.6) is 0 Å². The topological polar surface area (TPSA) is 46.3 Å². The minimum absolute atomic E-state index is 0.126. The van der Waals surface area contributed by atoms with Gasteiger partial charge >= 0.3 is 6.03 Å². The first-order valence-corrected chi connectivity index (χ1v) is 2.88. The number of hydrogen-bond acceptors (Lipinski definition) is 1. The van der Waals surface area contributed by atoms with Gasteiger partial charge in [0.2, 0.25) is 0 Å². The number of nitrogens with two attached hydrogens (primary N) is 1. The van der Waals surface area contributed by atoms with Crippen LogP contribution in [0.15, 0.2) is 0 Å². The summed E-state index contributed by atoms with van der Waals surface area (Å²) >= 11 is 0.